The van der Waals surface area contributed by atoms with E-state index in [0.717, 1.165) is 101 Å². The lowest BCUT2D eigenvalue weighted by atomic mass is 10.0. The minimum absolute atomic E-state index is 0.583. The zero-order valence-corrected chi connectivity index (χ0v) is 36.3. The van der Waals surface area contributed by atoms with Crippen LogP contribution in [-0.2, 0) is 0 Å². The summed E-state index contributed by atoms with van der Waals surface area (Å²) < 4.78 is 11.9. The molecular weight excluding hydrogens is 819 g/mol. The molecule has 0 atom stereocenters. The lowest BCUT2D eigenvalue weighted by Crippen LogP contribution is -2.02. The topological polar surface area (TPSA) is 61.7 Å². The zero-order chi connectivity index (χ0) is 44.0. The molecule has 6 nitrogen and oxygen atoms in total. The largest absolute Gasteiger partial charge is 0.455 e. The van der Waals surface area contributed by atoms with E-state index in [-0.39, 0.29) is 0 Å². The highest BCUT2D eigenvalue weighted by Gasteiger charge is 2.26. The highest BCUT2D eigenvalue weighted by Crippen LogP contribution is 2.47. The minimum atomic E-state index is 0.583. The average Bonchev–Trinajstić information content (AvgIpc) is 4.07. The standard InChI is InChI=1S/C61H39N5O/c1-4-18-39(19-5-1)59-62-60(40-20-6-2-7-21-40)64-61(63-59)51-37-50-48-28-13-15-30-54(48)67-58(50)55-49-34-31-38-17-10-11-26-45(38)56(49)66(57(51)55)44-25-16-22-41(35-44)42-32-33-47-46-27-12-14-29-52(46)65(53(47)36-42)43-23-8-3-9-24-43/h1-8,10-23,25-37H,9,24H2. The third-order valence-electron chi connectivity index (χ3n) is 13.6. The monoisotopic (exact) mass is 857 g/mol. The number of para-hydroxylation sites is 2. The third-order valence-corrected chi connectivity index (χ3v) is 13.6. The lowest BCUT2D eigenvalue weighted by Gasteiger charge is -2.15. The summed E-state index contributed by atoms with van der Waals surface area (Å²) in [4.78, 5) is 15.8. The van der Waals surface area contributed by atoms with Crippen molar-refractivity contribution in [3.63, 3.8) is 0 Å². The Labute approximate surface area is 385 Å². The summed E-state index contributed by atoms with van der Waals surface area (Å²) in [7, 11) is 0. The van der Waals surface area contributed by atoms with Crippen molar-refractivity contribution >= 4 is 82.0 Å². The van der Waals surface area contributed by atoms with Gasteiger partial charge in [-0.15, -0.1) is 0 Å². The number of furan rings is 1. The van der Waals surface area contributed by atoms with Gasteiger partial charge >= 0.3 is 0 Å². The first-order valence-electron chi connectivity index (χ1n) is 22.9. The molecule has 67 heavy (non-hydrogen) atoms. The van der Waals surface area contributed by atoms with Crippen molar-refractivity contribution < 1.29 is 4.42 Å². The smallest absolute Gasteiger partial charge is 0.166 e. The van der Waals surface area contributed by atoms with Gasteiger partial charge in [-0.2, -0.15) is 0 Å². The van der Waals surface area contributed by atoms with Crippen LogP contribution < -0.4 is 0 Å². The van der Waals surface area contributed by atoms with Crippen molar-refractivity contribution in [1.82, 2.24) is 24.1 Å². The fourth-order valence-electron chi connectivity index (χ4n) is 10.6. The van der Waals surface area contributed by atoms with Crippen LogP contribution in [0.4, 0.5) is 0 Å². The van der Waals surface area contributed by atoms with Crippen molar-refractivity contribution in [2.45, 2.75) is 12.8 Å². The Morgan fingerprint density at radius 2 is 1.09 bits per heavy atom. The molecule has 1 aliphatic carbocycles. The Bertz CT molecular complexity index is 4150. The summed E-state index contributed by atoms with van der Waals surface area (Å²) >= 11 is 0. The molecule has 0 N–H and O–H groups in total. The summed E-state index contributed by atoms with van der Waals surface area (Å²) in [6.45, 7) is 0. The SMILES string of the molecule is C1=CCCC(n2c3ccccc3c3ccc(-c4cccc(-n5c6c(-c7nc(-c8ccccc8)nc(-c8ccccc8)n7)cc7c8ccccc8oc7c6c6ccc7ccccc7c65)c4)cc32)=C1. The van der Waals surface area contributed by atoms with E-state index in [0.29, 0.717) is 17.5 Å². The van der Waals surface area contributed by atoms with E-state index in [2.05, 4.69) is 179 Å². The van der Waals surface area contributed by atoms with Crippen LogP contribution >= 0.6 is 0 Å². The normalized spacial score (nSPS) is 13.0. The van der Waals surface area contributed by atoms with Crippen LogP contribution in [0.25, 0.3) is 133 Å². The van der Waals surface area contributed by atoms with E-state index in [9.17, 15) is 0 Å². The Hall–Kier alpha value is -8.87. The van der Waals surface area contributed by atoms with E-state index in [1.54, 1.807) is 0 Å². The molecule has 4 heterocycles. The van der Waals surface area contributed by atoms with Gasteiger partial charge in [0.1, 0.15) is 11.2 Å². The van der Waals surface area contributed by atoms with Gasteiger partial charge in [0.25, 0.3) is 0 Å². The number of allylic oxidation sites excluding steroid dienone is 4. The molecule has 13 aromatic rings. The van der Waals surface area contributed by atoms with Crippen molar-refractivity contribution in [1.29, 1.82) is 0 Å². The third kappa shape index (κ3) is 5.86. The van der Waals surface area contributed by atoms with Gasteiger partial charge in [0.05, 0.1) is 27.5 Å². The molecule has 0 fully saturated rings. The Balaban J connectivity index is 1.09. The van der Waals surface area contributed by atoms with E-state index < -0.39 is 0 Å². The molecule has 0 radical (unpaired) electrons. The van der Waals surface area contributed by atoms with E-state index in [1.807, 2.05) is 42.5 Å². The number of benzene rings is 9. The number of aromatic nitrogens is 5. The number of fused-ring (bicyclic) bond motifs is 12. The van der Waals surface area contributed by atoms with Crippen molar-refractivity contribution in [3.8, 4) is 51.0 Å². The highest BCUT2D eigenvalue weighted by molar-refractivity contribution is 6.30. The van der Waals surface area contributed by atoms with Gasteiger partial charge < -0.3 is 13.6 Å². The molecule has 0 bridgehead atoms. The van der Waals surface area contributed by atoms with Crippen LogP contribution in [0.5, 0.6) is 0 Å². The number of hydrogen-bond acceptors (Lipinski definition) is 4. The molecule has 0 unspecified atom stereocenters. The van der Waals surface area contributed by atoms with E-state index >= 15 is 0 Å². The van der Waals surface area contributed by atoms with E-state index in [1.165, 1.54) is 27.5 Å². The summed E-state index contributed by atoms with van der Waals surface area (Å²) in [6, 6.07) is 68.8. The van der Waals surface area contributed by atoms with Gasteiger partial charge in [-0.3, -0.25) is 0 Å². The molecule has 14 rings (SSSR count). The van der Waals surface area contributed by atoms with Crippen LogP contribution in [0.1, 0.15) is 12.8 Å². The first-order valence-corrected chi connectivity index (χ1v) is 22.9. The van der Waals surface area contributed by atoms with Gasteiger partial charge in [0, 0.05) is 60.4 Å². The molecule has 0 aliphatic heterocycles. The van der Waals surface area contributed by atoms with Crippen LogP contribution in [0, 0.1) is 0 Å². The first kappa shape index (κ1) is 37.5. The molecule has 0 spiro atoms. The quantitative estimate of drug-likeness (QED) is 0.167. The maximum Gasteiger partial charge on any atom is 0.166 e. The van der Waals surface area contributed by atoms with Gasteiger partial charge in [-0.25, -0.2) is 15.0 Å². The molecule has 4 aromatic heterocycles. The van der Waals surface area contributed by atoms with Crippen LogP contribution in [-0.4, -0.2) is 24.1 Å². The Morgan fingerprint density at radius 1 is 0.433 bits per heavy atom. The summed E-state index contributed by atoms with van der Waals surface area (Å²) in [5.41, 5.74) is 13.5. The van der Waals surface area contributed by atoms with Gasteiger partial charge in [-0.05, 0) is 71.8 Å². The van der Waals surface area contributed by atoms with E-state index in [4.69, 9.17) is 19.4 Å². The van der Waals surface area contributed by atoms with Crippen LogP contribution in [0.15, 0.2) is 217 Å². The molecule has 6 heteroatoms. The second-order valence-corrected chi connectivity index (χ2v) is 17.4. The number of nitrogens with zero attached hydrogens (tertiary/aromatic N) is 5. The molecule has 9 aromatic carbocycles. The number of hydrogen-bond donors (Lipinski definition) is 0. The molecule has 0 saturated carbocycles. The average molecular weight is 858 g/mol. The van der Waals surface area contributed by atoms with Crippen molar-refractivity contribution in [3.05, 3.63) is 212 Å². The first-order chi connectivity index (χ1) is 33.2. The highest BCUT2D eigenvalue weighted by atomic mass is 16.3. The van der Waals surface area contributed by atoms with Gasteiger partial charge in [0.15, 0.2) is 17.5 Å². The van der Waals surface area contributed by atoms with Crippen LogP contribution in [0.3, 0.4) is 0 Å². The second-order valence-electron chi connectivity index (χ2n) is 17.4. The fourth-order valence-corrected chi connectivity index (χ4v) is 10.6. The second kappa shape index (κ2) is 14.8. The Kier molecular flexibility index (Phi) is 8.31. The summed E-state index contributed by atoms with van der Waals surface area (Å²) in [6.07, 6.45) is 8.74. The number of rotatable bonds is 6. The Morgan fingerprint density at radius 3 is 1.88 bits per heavy atom. The van der Waals surface area contributed by atoms with Crippen molar-refractivity contribution in [2.75, 3.05) is 0 Å². The van der Waals surface area contributed by atoms with Crippen molar-refractivity contribution in [2.24, 2.45) is 0 Å². The lowest BCUT2D eigenvalue weighted by molar-refractivity contribution is 0.673. The maximum atomic E-state index is 6.95. The summed E-state index contributed by atoms with van der Waals surface area (Å²) in [5, 5.41) is 8.96. The predicted molar refractivity (Wildman–Crippen MR) is 276 cm³/mol. The molecule has 0 saturated heterocycles. The predicted octanol–water partition coefficient (Wildman–Crippen LogP) is 16.0. The summed E-state index contributed by atoms with van der Waals surface area (Å²) in [5.74, 6) is 1.80. The zero-order valence-electron chi connectivity index (χ0n) is 36.3. The minimum Gasteiger partial charge on any atom is -0.455 e. The molecule has 1 aliphatic rings. The van der Waals surface area contributed by atoms with Gasteiger partial charge in [-0.1, -0.05) is 170 Å². The molecular formula is C61H39N5O. The van der Waals surface area contributed by atoms with Gasteiger partial charge in [0.2, 0.25) is 0 Å². The fraction of sp³-hybridized carbons (Fsp3) is 0.0328. The molecule has 314 valence electrons. The maximum absolute atomic E-state index is 6.95. The van der Waals surface area contributed by atoms with Crippen LogP contribution in [0.2, 0.25) is 0 Å². The molecule has 0 amide bonds.